The van der Waals surface area contributed by atoms with Crippen molar-refractivity contribution >= 4 is 13.6 Å². The van der Waals surface area contributed by atoms with Gasteiger partial charge in [0.25, 0.3) is 0 Å². The zero-order valence-corrected chi connectivity index (χ0v) is 6.88. The molecule has 1 atom stereocenters. The highest BCUT2D eigenvalue weighted by molar-refractivity contribution is 7.58. The molecular formula is C5H9O5P. The van der Waals surface area contributed by atoms with Crippen LogP contribution < -0.4 is 0 Å². The van der Waals surface area contributed by atoms with Crippen molar-refractivity contribution in [2.24, 2.45) is 0 Å². The van der Waals surface area contributed by atoms with Crippen molar-refractivity contribution in [3.8, 4) is 0 Å². The summed E-state index contributed by atoms with van der Waals surface area (Å²) in [4.78, 5) is 18.9. The van der Waals surface area contributed by atoms with E-state index in [0.29, 0.717) is 0 Å². The third-order valence-corrected chi connectivity index (χ3v) is 2.37. The Morgan fingerprint density at radius 2 is 2.18 bits per heavy atom. The van der Waals surface area contributed by atoms with Crippen LogP contribution in [0.1, 0.15) is 6.92 Å². The fourth-order valence-corrected chi connectivity index (χ4v) is 1.12. The van der Waals surface area contributed by atoms with E-state index in [0.717, 1.165) is 0 Å². The lowest BCUT2D eigenvalue weighted by molar-refractivity contribution is -0.132. The molecule has 64 valence electrons. The molecule has 5 nitrogen and oxygen atoms in total. The highest BCUT2D eigenvalue weighted by atomic mass is 31.2. The fourth-order valence-electron chi connectivity index (χ4n) is 0.374. The van der Waals surface area contributed by atoms with E-state index in [1.54, 1.807) is 0 Å². The van der Waals surface area contributed by atoms with Gasteiger partial charge in [0.15, 0.2) is 0 Å². The summed E-state index contributed by atoms with van der Waals surface area (Å²) >= 11 is 0. The van der Waals surface area contributed by atoms with Gasteiger partial charge >= 0.3 is 13.6 Å². The summed E-state index contributed by atoms with van der Waals surface area (Å²) in [6.07, 6.45) is 0. The lowest BCUT2D eigenvalue weighted by atomic mass is 10.7. The first kappa shape index (κ1) is 10.4. The van der Waals surface area contributed by atoms with Gasteiger partial charge in [0.05, 0.1) is 6.61 Å². The monoisotopic (exact) mass is 180 g/mol. The Hall–Kier alpha value is -0.640. The maximum absolute atomic E-state index is 10.8. The highest BCUT2D eigenvalue weighted by Gasteiger charge is 2.28. The number of hydrogen-bond donors (Lipinski definition) is 2. The predicted octanol–water partition coefficient (Wildman–Crippen LogP) is 0.807. The zero-order valence-electron chi connectivity index (χ0n) is 5.98. The van der Waals surface area contributed by atoms with E-state index in [-0.39, 0.29) is 6.61 Å². The molecule has 0 rings (SSSR count). The van der Waals surface area contributed by atoms with Crippen LogP contribution in [0.5, 0.6) is 0 Å². The smallest absolute Gasteiger partial charge is 0.365 e. The highest BCUT2D eigenvalue weighted by Crippen LogP contribution is 2.49. The van der Waals surface area contributed by atoms with Crippen LogP contribution in [-0.4, -0.2) is 22.6 Å². The van der Waals surface area contributed by atoms with Crippen molar-refractivity contribution in [3.05, 3.63) is 11.9 Å². The summed E-state index contributed by atoms with van der Waals surface area (Å²) in [7, 11) is -4.13. The average molecular weight is 180 g/mol. The second-order valence-corrected chi connectivity index (χ2v) is 3.53. The zero-order chi connectivity index (χ0) is 9.07. The molecule has 2 N–H and O–H groups in total. The molecule has 0 radical (unpaired) electrons. The van der Waals surface area contributed by atoms with E-state index < -0.39 is 18.9 Å². The van der Waals surface area contributed by atoms with Gasteiger partial charge in [0.1, 0.15) is 5.31 Å². The Bertz CT molecular complexity index is 221. The largest absolute Gasteiger partial charge is 0.477 e. The summed E-state index contributed by atoms with van der Waals surface area (Å²) in [6, 6.07) is 0. The second-order valence-electron chi connectivity index (χ2n) is 1.69. The summed E-state index contributed by atoms with van der Waals surface area (Å²) < 4.78 is 15.1. The van der Waals surface area contributed by atoms with Crippen LogP contribution in [-0.2, 0) is 13.9 Å². The lowest BCUT2D eigenvalue weighted by Gasteiger charge is -2.08. The topological polar surface area (TPSA) is 83.8 Å². The molecule has 1 unspecified atom stereocenters. The summed E-state index contributed by atoms with van der Waals surface area (Å²) in [5, 5.41) is 7.43. The van der Waals surface area contributed by atoms with Gasteiger partial charge in [-0.3, -0.25) is 4.57 Å². The van der Waals surface area contributed by atoms with E-state index in [1.165, 1.54) is 6.92 Å². The second kappa shape index (κ2) is 3.67. The van der Waals surface area contributed by atoms with Crippen LogP contribution in [0.4, 0.5) is 0 Å². The molecule has 0 saturated carbocycles. The Morgan fingerprint density at radius 1 is 1.73 bits per heavy atom. The summed E-state index contributed by atoms with van der Waals surface area (Å²) in [6.45, 7) is 4.36. The van der Waals surface area contributed by atoms with E-state index in [9.17, 15) is 9.36 Å². The van der Waals surface area contributed by atoms with Gasteiger partial charge in [-0.05, 0) is 6.92 Å². The van der Waals surface area contributed by atoms with E-state index >= 15 is 0 Å². The van der Waals surface area contributed by atoms with E-state index in [2.05, 4.69) is 11.1 Å². The van der Waals surface area contributed by atoms with Crippen molar-refractivity contribution in [2.45, 2.75) is 6.92 Å². The minimum Gasteiger partial charge on any atom is -0.477 e. The third-order valence-electron chi connectivity index (χ3n) is 0.892. The predicted molar refractivity (Wildman–Crippen MR) is 38.2 cm³/mol. The maximum Gasteiger partial charge on any atom is 0.365 e. The van der Waals surface area contributed by atoms with Crippen LogP contribution >= 0.6 is 7.60 Å². The average Bonchev–Trinajstić information content (AvgIpc) is 1.86. The number of rotatable bonds is 4. The minimum absolute atomic E-state index is 0.0277. The number of hydrogen-bond acceptors (Lipinski definition) is 3. The third kappa shape index (κ3) is 2.84. The molecule has 0 aliphatic rings. The molecule has 0 saturated heterocycles. The van der Waals surface area contributed by atoms with Crippen molar-refractivity contribution in [1.29, 1.82) is 0 Å². The molecular weight excluding hydrogens is 171 g/mol. The van der Waals surface area contributed by atoms with Crippen LogP contribution in [0.25, 0.3) is 0 Å². The molecule has 0 aromatic carbocycles. The lowest BCUT2D eigenvalue weighted by Crippen LogP contribution is -2.02. The quantitative estimate of drug-likeness (QED) is 0.494. The Morgan fingerprint density at radius 3 is 2.45 bits per heavy atom. The van der Waals surface area contributed by atoms with Gasteiger partial charge in [-0.1, -0.05) is 6.58 Å². The fraction of sp³-hybridized carbons (Fsp3) is 0.400. The number of carboxylic acid groups (broad SMARTS) is 1. The number of aliphatic carboxylic acids is 1. The maximum atomic E-state index is 10.8. The number of carbonyl (C=O) groups is 1. The molecule has 0 heterocycles. The van der Waals surface area contributed by atoms with Gasteiger partial charge in [-0.2, -0.15) is 0 Å². The molecule has 0 fully saturated rings. The van der Waals surface area contributed by atoms with E-state index in [4.69, 9.17) is 10.00 Å². The SMILES string of the molecule is C=C(C(=O)O)P(=O)(O)OCC. The van der Waals surface area contributed by atoms with Gasteiger partial charge in [-0.25, -0.2) is 4.79 Å². The van der Waals surface area contributed by atoms with E-state index in [1.807, 2.05) is 0 Å². The van der Waals surface area contributed by atoms with Crippen LogP contribution in [0.15, 0.2) is 11.9 Å². The Labute approximate surface area is 63.8 Å². The van der Waals surface area contributed by atoms with Crippen molar-refractivity contribution in [2.75, 3.05) is 6.61 Å². The van der Waals surface area contributed by atoms with Gasteiger partial charge in [0, 0.05) is 0 Å². The first-order chi connectivity index (χ1) is 4.91. The van der Waals surface area contributed by atoms with Crippen LogP contribution in [0, 0.1) is 0 Å². The molecule has 0 aliphatic carbocycles. The molecule has 0 amide bonds. The summed E-state index contributed by atoms with van der Waals surface area (Å²) in [5.41, 5.74) is 0. The van der Waals surface area contributed by atoms with Crippen molar-refractivity contribution in [3.63, 3.8) is 0 Å². The van der Waals surface area contributed by atoms with Crippen LogP contribution in [0.3, 0.4) is 0 Å². The van der Waals surface area contributed by atoms with Gasteiger partial charge < -0.3 is 14.5 Å². The first-order valence-electron chi connectivity index (χ1n) is 2.82. The summed E-state index contributed by atoms with van der Waals surface area (Å²) in [5.74, 6) is -1.52. The molecule has 0 aromatic rings. The molecule has 6 heteroatoms. The van der Waals surface area contributed by atoms with Crippen LogP contribution in [0.2, 0.25) is 0 Å². The molecule has 0 aromatic heterocycles. The van der Waals surface area contributed by atoms with Crippen molar-refractivity contribution in [1.82, 2.24) is 0 Å². The standard InChI is InChI=1S/C5H9O5P/c1-3-10-11(8,9)4(2)5(6)7/h2-3H2,1H3,(H,6,7)(H,8,9). The first-order valence-corrected chi connectivity index (χ1v) is 4.39. The number of carboxylic acids is 1. The molecule has 0 bridgehead atoms. The molecule has 11 heavy (non-hydrogen) atoms. The normalized spacial score (nSPS) is 15.5. The Balaban J connectivity index is 4.43. The Kier molecular flexibility index (Phi) is 3.45. The van der Waals surface area contributed by atoms with Gasteiger partial charge in [0.2, 0.25) is 0 Å². The molecule has 0 aliphatic heterocycles. The minimum atomic E-state index is -4.13. The van der Waals surface area contributed by atoms with Crippen molar-refractivity contribution < 1.29 is 23.9 Å². The van der Waals surface area contributed by atoms with Gasteiger partial charge in [-0.15, -0.1) is 0 Å². The molecule has 0 spiro atoms.